The number of rotatable bonds is 4. The molecule has 0 aliphatic rings. The normalized spacial score (nSPS) is 10.0. The van der Waals surface area contributed by atoms with Crippen molar-refractivity contribution in [2.24, 2.45) is 0 Å². The highest BCUT2D eigenvalue weighted by Gasteiger charge is 2.17. The number of benzene rings is 2. The molecule has 0 saturated heterocycles. The van der Waals surface area contributed by atoms with E-state index in [0.717, 1.165) is 11.1 Å². The standard InChI is InChI=1S/C18H13N3O2/c19-11-10-13-6-8-15(9-7-13)20-18(22)16-12-23-21-17(16)14-4-2-1-3-5-14/h1-9,12H,10H2,(H,20,22). The van der Waals surface area contributed by atoms with Gasteiger partial charge in [0.15, 0.2) is 0 Å². The van der Waals surface area contributed by atoms with Crippen LogP contribution >= 0.6 is 0 Å². The average molecular weight is 303 g/mol. The Morgan fingerprint density at radius 2 is 1.87 bits per heavy atom. The van der Waals surface area contributed by atoms with E-state index in [4.69, 9.17) is 9.78 Å². The first-order valence-electron chi connectivity index (χ1n) is 7.05. The summed E-state index contributed by atoms with van der Waals surface area (Å²) in [6.45, 7) is 0. The molecule has 0 unspecified atom stereocenters. The third kappa shape index (κ3) is 3.27. The molecule has 0 bridgehead atoms. The van der Waals surface area contributed by atoms with Gasteiger partial charge in [0.1, 0.15) is 17.5 Å². The Hall–Kier alpha value is -3.39. The quantitative estimate of drug-likeness (QED) is 0.797. The molecule has 0 aliphatic carbocycles. The van der Waals surface area contributed by atoms with Crippen LogP contribution in [-0.2, 0) is 6.42 Å². The molecule has 112 valence electrons. The predicted octanol–water partition coefficient (Wildman–Crippen LogP) is 3.66. The summed E-state index contributed by atoms with van der Waals surface area (Å²) >= 11 is 0. The lowest BCUT2D eigenvalue weighted by Crippen LogP contribution is -2.12. The third-order valence-corrected chi connectivity index (χ3v) is 3.36. The summed E-state index contributed by atoms with van der Waals surface area (Å²) in [6, 6.07) is 18.6. The molecular weight excluding hydrogens is 290 g/mol. The van der Waals surface area contributed by atoms with Crippen LogP contribution in [0.15, 0.2) is 65.4 Å². The lowest BCUT2D eigenvalue weighted by Gasteiger charge is -2.05. The van der Waals surface area contributed by atoms with Crippen LogP contribution < -0.4 is 5.32 Å². The number of nitriles is 1. The second-order valence-corrected chi connectivity index (χ2v) is 4.93. The minimum absolute atomic E-state index is 0.293. The monoisotopic (exact) mass is 303 g/mol. The van der Waals surface area contributed by atoms with Crippen molar-refractivity contribution in [2.45, 2.75) is 6.42 Å². The number of aromatic nitrogens is 1. The van der Waals surface area contributed by atoms with E-state index in [0.29, 0.717) is 23.4 Å². The van der Waals surface area contributed by atoms with Gasteiger partial charge in [-0.1, -0.05) is 47.6 Å². The highest BCUT2D eigenvalue weighted by molar-refractivity contribution is 6.07. The van der Waals surface area contributed by atoms with Gasteiger partial charge in [0.25, 0.3) is 5.91 Å². The summed E-state index contributed by atoms with van der Waals surface area (Å²) in [4.78, 5) is 12.4. The molecular formula is C18H13N3O2. The highest BCUT2D eigenvalue weighted by atomic mass is 16.5. The van der Waals surface area contributed by atoms with Crippen LogP contribution in [-0.4, -0.2) is 11.1 Å². The SMILES string of the molecule is N#CCc1ccc(NC(=O)c2conc2-c2ccccc2)cc1. The second kappa shape index (κ2) is 6.58. The maximum absolute atomic E-state index is 12.4. The van der Waals surface area contributed by atoms with Crippen molar-refractivity contribution in [1.29, 1.82) is 5.26 Å². The van der Waals surface area contributed by atoms with Crippen molar-refractivity contribution in [3.63, 3.8) is 0 Å². The molecule has 0 fully saturated rings. The van der Waals surface area contributed by atoms with Crippen LogP contribution in [0.5, 0.6) is 0 Å². The minimum atomic E-state index is -0.293. The van der Waals surface area contributed by atoms with Gasteiger partial charge in [0.2, 0.25) is 0 Å². The molecule has 0 spiro atoms. The molecule has 5 heteroatoms. The van der Waals surface area contributed by atoms with Crippen molar-refractivity contribution < 1.29 is 9.32 Å². The first kappa shape index (κ1) is 14.5. The Kier molecular flexibility index (Phi) is 4.16. The van der Waals surface area contributed by atoms with Gasteiger partial charge in [-0.3, -0.25) is 4.79 Å². The summed E-state index contributed by atoms with van der Waals surface area (Å²) in [5.74, 6) is -0.293. The van der Waals surface area contributed by atoms with E-state index >= 15 is 0 Å². The largest absolute Gasteiger partial charge is 0.363 e. The molecule has 1 heterocycles. The molecule has 1 amide bonds. The number of anilines is 1. The lowest BCUT2D eigenvalue weighted by atomic mass is 10.1. The maximum atomic E-state index is 12.4. The molecule has 0 radical (unpaired) electrons. The Balaban J connectivity index is 1.79. The number of amides is 1. The first-order chi connectivity index (χ1) is 11.3. The van der Waals surface area contributed by atoms with Crippen molar-refractivity contribution in [3.05, 3.63) is 72.0 Å². The molecule has 3 rings (SSSR count). The fourth-order valence-electron chi connectivity index (χ4n) is 2.20. The number of nitrogens with one attached hydrogen (secondary N) is 1. The highest BCUT2D eigenvalue weighted by Crippen LogP contribution is 2.22. The number of carbonyl (C=O) groups excluding carboxylic acids is 1. The summed E-state index contributed by atoms with van der Waals surface area (Å²) in [5, 5.41) is 15.4. The van der Waals surface area contributed by atoms with E-state index in [2.05, 4.69) is 16.5 Å². The van der Waals surface area contributed by atoms with E-state index in [1.807, 2.05) is 42.5 Å². The van der Waals surface area contributed by atoms with Gasteiger partial charge >= 0.3 is 0 Å². The molecule has 2 aromatic carbocycles. The molecule has 0 saturated carbocycles. The van der Waals surface area contributed by atoms with Crippen molar-refractivity contribution in [2.75, 3.05) is 5.32 Å². The second-order valence-electron chi connectivity index (χ2n) is 4.93. The summed E-state index contributed by atoms with van der Waals surface area (Å²) in [5.41, 5.74) is 3.25. The van der Waals surface area contributed by atoms with Crippen LogP contribution in [0.3, 0.4) is 0 Å². The van der Waals surface area contributed by atoms with Gasteiger partial charge in [-0.05, 0) is 17.7 Å². The topological polar surface area (TPSA) is 78.9 Å². The summed E-state index contributed by atoms with van der Waals surface area (Å²) < 4.78 is 4.96. The minimum Gasteiger partial charge on any atom is -0.363 e. The number of hydrogen-bond acceptors (Lipinski definition) is 4. The van der Waals surface area contributed by atoms with Crippen LogP contribution in [0, 0.1) is 11.3 Å². The van der Waals surface area contributed by atoms with Crippen molar-refractivity contribution in [3.8, 4) is 17.3 Å². The fourth-order valence-corrected chi connectivity index (χ4v) is 2.20. The fraction of sp³-hybridized carbons (Fsp3) is 0.0556. The smallest absolute Gasteiger partial charge is 0.261 e. The van der Waals surface area contributed by atoms with Crippen LogP contribution in [0.25, 0.3) is 11.3 Å². The molecule has 1 N–H and O–H groups in total. The van der Waals surface area contributed by atoms with E-state index in [9.17, 15) is 4.79 Å². The average Bonchev–Trinajstić information content (AvgIpc) is 3.07. The van der Waals surface area contributed by atoms with Gasteiger partial charge in [0.05, 0.1) is 12.5 Å². The molecule has 3 aromatic rings. The predicted molar refractivity (Wildman–Crippen MR) is 85.7 cm³/mol. The third-order valence-electron chi connectivity index (χ3n) is 3.36. The van der Waals surface area contributed by atoms with E-state index in [-0.39, 0.29) is 5.91 Å². The zero-order valence-corrected chi connectivity index (χ0v) is 12.2. The van der Waals surface area contributed by atoms with E-state index < -0.39 is 0 Å². The molecule has 23 heavy (non-hydrogen) atoms. The van der Waals surface area contributed by atoms with Crippen molar-refractivity contribution in [1.82, 2.24) is 5.16 Å². The van der Waals surface area contributed by atoms with Gasteiger partial charge in [-0.2, -0.15) is 5.26 Å². The van der Waals surface area contributed by atoms with E-state index in [1.165, 1.54) is 6.26 Å². The summed E-state index contributed by atoms with van der Waals surface area (Å²) in [7, 11) is 0. The van der Waals surface area contributed by atoms with Gasteiger partial charge in [-0.15, -0.1) is 0 Å². The van der Waals surface area contributed by atoms with Crippen molar-refractivity contribution >= 4 is 11.6 Å². The lowest BCUT2D eigenvalue weighted by molar-refractivity contribution is 0.102. The van der Waals surface area contributed by atoms with Gasteiger partial charge in [-0.25, -0.2) is 0 Å². The molecule has 0 aliphatic heterocycles. The Bertz CT molecular complexity index is 846. The maximum Gasteiger partial charge on any atom is 0.261 e. The van der Waals surface area contributed by atoms with Crippen LogP contribution in [0.4, 0.5) is 5.69 Å². The zero-order valence-electron chi connectivity index (χ0n) is 12.2. The first-order valence-corrected chi connectivity index (χ1v) is 7.05. The molecule has 1 aromatic heterocycles. The number of hydrogen-bond donors (Lipinski definition) is 1. The summed E-state index contributed by atoms with van der Waals surface area (Å²) in [6.07, 6.45) is 1.68. The Labute approximate surface area is 133 Å². The Morgan fingerprint density at radius 1 is 1.13 bits per heavy atom. The number of carbonyl (C=O) groups is 1. The van der Waals surface area contributed by atoms with Gasteiger partial charge < -0.3 is 9.84 Å². The van der Waals surface area contributed by atoms with Crippen LogP contribution in [0.2, 0.25) is 0 Å². The number of nitrogens with zero attached hydrogens (tertiary/aromatic N) is 2. The molecule has 5 nitrogen and oxygen atoms in total. The Morgan fingerprint density at radius 3 is 2.57 bits per heavy atom. The van der Waals surface area contributed by atoms with E-state index in [1.54, 1.807) is 12.1 Å². The molecule has 0 atom stereocenters. The van der Waals surface area contributed by atoms with Gasteiger partial charge in [0, 0.05) is 11.3 Å². The zero-order chi connectivity index (χ0) is 16.1. The van der Waals surface area contributed by atoms with Crippen LogP contribution in [0.1, 0.15) is 15.9 Å².